The summed E-state index contributed by atoms with van der Waals surface area (Å²) in [5.41, 5.74) is -1.30. The van der Waals surface area contributed by atoms with Crippen LogP contribution in [0.3, 0.4) is 0 Å². The maximum absolute atomic E-state index is 13.7. The molecular weight excluding hydrogens is 491 g/mol. The number of carbonyl (C=O) groups excluding carboxylic acids is 4. The van der Waals surface area contributed by atoms with Gasteiger partial charge in [0.2, 0.25) is 17.7 Å². The lowest BCUT2D eigenvalue weighted by Gasteiger charge is -2.36. The maximum Gasteiger partial charge on any atom is 0.471 e. The van der Waals surface area contributed by atoms with Crippen LogP contribution in [0.25, 0.3) is 0 Å². The number of likely N-dealkylation sites (tertiary alicyclic amines) is 1. The van der Waals surface area contributed by atoms with E-state index < -0.39 is 53.4 Å². The van der Waals surface area contributed by atoms with Gasteiger partial charge in [0.15, 0.2) is 0 Å². The summed E-state index contributed by atoms with van der Waals surface area (Å²) in [6.45, 7) is 5.38. The van der Waals surface area contributed by atoms with E-state index in [1.54, 1.807) is 20.8 Å². The Balaban J connectivity index is 1.55. The first-order valence-corrected chi connectivity index (χ1v) is 12.8. The van der Waals surface area contributed by atoms with E-state index in [9.17, 15) is 37.6 Å². The second kappa shape index (κ2) is 9.17. The Morgan fingerprint density at radius 3 is 2.32 bits per heavy atom. The van der Waals surface area contributed by atoms with Gasteiger partial charge in [-0.1, -0.05) is 27.2 Å². The van der Waals surface area contributed by atoms with Gasteiger partial charge in [0.25, 0.3) is 0 Å². The van der Waals surface area contributed by atoms with Gasteiger partial charge in [-0.2, -0.15) is 18.4 Å². The molecule has 4 rings (SSSR count). The van der Waals surface area contributed by atoms with Gasteiger partial charge in [-0.15, -0.1) is 0 Å². The molecule has 0 bridgehead atoms. The summed E-state index contributed by atoms with van der Waals surface area (Å²) in [4.78, 5) is 52.2. The zero-order valence-corrected chi connectivity index (χ0v) is 21.3. The monoisotopic (exact) mass is 525 g/mol. The van der Waals surface area contributed by atoms with E-state index in [0.717, 1.165) is 25.7 Å². The third kappa shape index (κ3) is 5.01. The van der Waals surface area contributed by atoms with Crippen molar-refractivity contribution in [1.29, 1.82) is 5.26 Å². The Labute approximate surface area is 213 Å². The van der Waals surface area contributed by atoms with Crippen molar-refractivity contribution in [2.45, 2.75) is 90.0 Å². The van der Waals surface area contributed by atoms with E-state index in [2.05, 4.69) is 10.6 Å². The van der Waals surface area contributed by atoms with Crippen molar-refractivity contribution >= 4 is 23.6 Å². The van der Waals surface area contributed by atoms with Gasteiger partial charge >= 0.3 is 12.1 Å². The van der Waals surface area contributed by atoms with Gasteiger partial charge in [0.05, 0.1) is 6.07 Å². The summed E-state index contributed by atoms with van der Waals surface area (Å²) in [5.74, 6) is -4.10. The number of carbonyl (C=O) groups is 4. The third-order valence-corrected chi connectivity index (χ3v) is 8.81. The van der Waals surface area contributed by atoms with E-state index in [4.69, 9.17) is 0 Å². The second-order valence-electron chi connectivity index (χ2n) is 12.2. The summed E-state index contributed by atoms with van der Waals surface area (Å²) >= 11 is 0. The molecule has 3 N–H and O–H groups in total. The van der Waals surface area contributed by atoms with Crippen molar-refractivity contribution in [2.75, 3.05) is 13.1 Å². The minimum absolute atomic E-state index is 0.0452. The molecule has 5 atom stereocenters. The Morgan fingerprint density at radius 2 is 1.86 bits per heavy atom. The summed E-state index contributed by atoms with van der Waals surface area (Å²) in [7, 11) is 0. The molecule has 2 saturated carbocycles. The lowest BCUT2D eigenvalue weighted by molar-refractivity contribution is -0.176. The number of alkyl halides is 3. The molecule has 12 heteroatoms. The van der Waals surface area contributed by atoms with Crippen molar-refractivity contribution in [2.24, 2.45) is 22.2 Å². The topological polar surface area (TPSA) is 131 Å². The zero-order chi connectivity index (χ0) is 27.4. The average Bonchev–Trinajstić information content (AvgIpc) is 3.01. The number of nitriles is 1. The van der Waals surface area contributed by atoms with Crippen molar-refractivity contribution in [3.63, 3.8) is 0 Å². The van der Waals surface area contributed by atoms with Crippen LogP contribution in [-0.4, -0.2) is 65.9 Å². The SMILES string of the molecule is CC(C)(C)[C@H](NC(=O)C(F)(F)F)C(=O)N1CC2(CC1C(=O)N[C@H](C#N)C[C@@H]1CCNC1=O)CC21CCC1. The molecule has 37 heavy (non-hydrogen) atoms. The Kier molecular flexibility index (Phi) is 6.74. The molecular formula is C25H34F3N5O4. The highest BCUT2D eigenvalue weighted by molar-refractivity contribution is 5.94. The van der Waals surface area contributed by atoms with Crippen LogP contribution in [0.2, 0.25) is 0 Å². The number of fused-ring (bicyclic) bond motifs is 1. The van der Waals surface area contributed by atoms with E-state index in [-0.39, 0.29) is 29.7 Å². The highest BCUT2D eigenvalue weighted by Gasteiger charge is 2.73. The molecule has 0 aromatic rings. The summed E-state index contributed by atoms with van der Waals surface area (Å²) < 4.78 is 39.1. The molecule has 2 saturated heterocycles. The molecule has 9 nitrogen and oxygen atoms in total. The number of amides is 4. The van der Waals surface area contributed by atoms with Gasteiger partial charge in [-0.3, -0.25) is 19.2 Å². The van der Waals surface area contributed by atoms with Crippen LogP contribution in [0, 0.1) is 33.5 Å². The number of halogens is 3. The predicted molar refractivity (Wildman–Crippen MR) is 124 cm³/mol. The van der Waals surface area contributed by atoms with Crippen molar-refractivity contribution < 1.29 is 32.3 Å². The molecule has 0 aromatic heterocycles. The number of hydrogen-bond acceptors (Lipinski definition) is 5. The molecule has 0 radical (unpaired) electrons. The Morgan fingerprint density at radius 1 is 1.19 bits per heavy atom. The van der Waals surface area contributed by atoms with Crippen LogP contribution in [0.1, 0.15) is 65.7 Å². The van der Waals surface area contributed by atoms with Crippen LogP contribution in [0.15, 0.2) is 0 Å². The molecule has 204 valence electrons. The van der Waals surface area contributed by atoms with E-state index in [0.29, 0.717) is 19.4 Å². The fourth-order valence-electron chi connectivity index (χ4n) is 6.47. The van der Waals surface area contributed by atoms with Crippen LogP contribution in [0.5, 0.6) is 0 Å². The third-order valence-electron chi connectivity index (χ3n) is 8.81. The Hall–Kier alpha value is -2.84. The van der Waals surface area contributed by atoms with Gasteiger partial charge in [-0.25, -0.2) is 0 Å². The first-order chi connectivity index (χ1) is 17.1. The average molecular weight is 526 g/mol. The normalized spacial score (nSPS) is 29.8. The van der Waals surface area contributed by atoms with Crippen molar-refractivity contribution in [3.8, 4) is 6.07 Å². The summed E-state index contributed by atoms with van der Waals surface area (Å²) in [6.07, 6.45) is -0.258. The first kappa shape index (κ1) is 27.2. The second-order valence-corrected chi connectivity index (χ2v) is 12.2. The highest BCUT2D eigenvalue weighted by Crippen LogP contribution is 2.77. The van der Waals surface area contributed by atoms with Crippen LogP contribution >= 0.6 is 0 Å². The fourth-order valence-corrected chi connectivity index (χ4v) is 6.47. The number of nitrogens with zero attached hydrogens (tertiary/aromatic N) is 2. The Bertz CT molecular complexity index is 1030. The van der Waals surface area contributed by atoms with Crippen LogP contribution < -0.4 is 16.0 Å². The molecule has 0 aromatic carbocycles. The highest BCUT2D eigenvalue weighted by atomic mass is 19.4. The minimum atomic E-state index is -5.16. The minimum Gasteiger partial charge on any atom is -0.356 e. The van der Waals surface area contributed by atoms with Crippen LogP contribution in [-0.2, 0) is 19.2 Å². The molecule has 2 spiro atoms. The van der Waals surface area contributed by atoms with Gasteiger partial charge in [0, 0.05) is 19.0 Å². The molecule has 4 aliphatic rings. The molecule has 4 amide bonds. The van der Waals surface area contributed by atoms with E-state index >= 15 is 0 Å². The van der Waals surface area contributed by atoms with Gasteiger partial charge in [-0.05, 0) is 54.8 Å². The van der Waals surface area contributed by atoms with Gasteiger partial charge < -0.3 is 20.9 Å². The van der Waals surface area contributed by atoms with Gasteiger partial charge in [0.1, 0.15) is 18.1 Å². The number of hydrogen-bond donors (Lipinski definition) is 3. The number of rotatable bonds is 6. The standard InChI is InChI=1S/C25H34F3N5O4/c1-22(2,3)17(32-21(37)25(26,27)28)20(36)33-13-24(12-23(24)6-4-7-23)10-16(33)19(35)31-15(11-29)9-14-5-8-30-18(14)34/h14-17H,4-10,12-13H2,1-3H3,(H,30,34)(H,31,35)(H,32,37)/t14-,15-,16?,17+,24?/m0/s1. The lowest BCUT2D eigenvalue weighted by Crippen LogP contribution is -2.59. The molecule has 4 fully saturated rings. The smallest absolute Gasteiger partial charge is 0.356 e. The molecule has 2 heterocycles. The zero-order valence-electron chi connectivity index (χ0n) is 21.3. The van der Waals surface area contributed by atoms with Crippen molar-refractivity contribution in [1.82, 2.24) is 20.9 Å². The molecule has 2 aliphatic heterocycles. The maximum atomic E-state index is 13.7. The molecule has 2 unspecified atom stereocenters. The van der Waals surface area contributed by atoms with Crippen LogP contribution in [0.4, 0.5) is 13.2 Å². The summed E-state index contributed by atoms with van der Waals surface area (Å²) in [6, 6.07) is -1.41. The first-order valence-electron chi connectivity index (χ1n) is 12.8. The predicted octanol–water partition coefficient (Wildman–Crippen LogP) is 1.78. The van der Waals surface area contributed by atoms with Crippen molar-refractivity contribution in [3.05, 3.63) is 0 Å². The summed E-state index contributed by atoms with van der Waals surface area (Å²) in [5, 5.41) is 16.8. The lowest BCUT2D eigenvalue weighted by atomic mass is 9.74. The molecule has 2 aliphatic carbocycles. The largest absolute Gasteiger partial charge is 0.471 e. The number of nitrogens with one attached hydrogen (secondary N) is 3. The van der Waals surface area contributed by atoms with E-state index in [1.165, 1.54) is 4.90 Å². The van der Waals surface area contributed by atoms with E-state index in [1.807, 2.05) is 11.4 Å². The quantitative estimate of drug-likeness (QED) is 0.487. The fraction of sp³-hybridized carbons (Fsp3) is 0.800.